The normalized spacial score (nSPS) is 12.1. The van der Waals surface area contributed by atoms with Gasteiger partial charge >= 0.3 is 17.9 Å². The van der Waals surface area contributed by atoms with Crippen molar-refractivity contribution in [3.63, 3.8) is 0 Å². The molecule has 0 aliphatic carbocycles. The molecule has 448 valence electrons. The fraction of sp³-hybridized carbons (Fsp3) is 0.900. The second kappa shape index (κ2) is 65.4. The molecule has 0 bridgehead atoms. The summed E-state index contributed by atoms with van der Waals surface area (Å²) in [6, 6.07) is 0. The number of unbranched alkanes of at least 4 members (excludes halogenated alkanes) is 49. The first-order valence-corrected chi connectivity index (χ1v) is 34.3. The highest BCUT2D eigenvalue weighted by Gasteiger charge is 2.19. The summed E-state index contributed by atoms with van der Waals surface area (Å²) in [6.07, 6.45) is 79.4. The third-order valence-electron chi connectivity index (χ3n) is 15.7. The Bertz CT molecular complexity index is 1230. The summed E-state index contributed by atoms with van der Waals surface area (Å²) in [5.41, 5.74) is 0. The maximum Gasteiger partial charge on any atom is 0.306 e. The summed E-state index contributed by atoms with van der Waals surface area (Å²) in [6.45, 7) is 6.67. The Morgan fingerprint density at radius 3 is 0.724 bits per heavy atom. The van der Waals surface area contributed by atoms with Crippen molar-refractivity contribution in [3.05, 3.63) is 24.3 Å². The molecule has 0 aromatic heterocycles. The molecule has 0 fully saturated rings. The third kappa shape index (κ3) is 62.7. The first kappa shape index (κ1) is 73.9. The lowest BCUT2D eigenvalue weighted by Gasteiger charge is -2.18. The molecule has 0 aliphatic rings. The van der Waals surface area contributed by atoms with Gasteiger partial charge in [-0.05, 0) is 51.4 Å². The maximum atomic E-state index is 12.9. The smallest absolute Gasteiger partial charge is 0.306 e. The van der Waals surface area contributed by atoms with Crippen molar-refractivity contribution in [2.45, 2.75) is 393 Å². The SMILES string of the molecule is CCCCCCC/C=C\C/C=C\CCCCCCCCCCCCCCCCCCCCCC(=O)OCC(COC(=O)CCCCCCCCCC)OC(=O)CCCCCCCCCCCCCCCCCCCCC. The van der Waals surface area contributed by atoms with Gasteiger partial charge in [-0.25, -0.2) is 0 Å². The molecule has 0 amide bonds. The molecule has 1 unspecified atom stereocenters. The Morgan fingerprint density at radius 2 is 0.474 bits per heavy atom. The van der Waals surface area contributed by atoms with Crippen molar-refractivity contribution in [2.75, 3.05) is 13.2 Å². The van der Waals surface area contributed by atoms with E-state index in [1.807, 2.05) is 0 Å². The van der Waals surface area contributed by atoms with Crippen LogP contribution in [0.25, 0.3) is 0 Å². The maximum absolute atomic E-state index is 12.9. The van der Waals surface area contributed by atoms with E-state index in [0.29, 0.717) is 19.3 Å². The van der Waals surface area contributed by atoms with E-state index in [0.717, 1.165) is 64.2 Å². The lowest BCUT2D eigenvalue weighted by molar-refractivity contribution is -0.167. The van der Waals surface area contributed by atoms with Crippen molar-refractivity contribution >= 4 is 17.9 Å². The molecule has 1 atom stereocenters. The molecule has 0 heterocycles. The average molecular weight is 1070 g/mol. The molecule has 0 aromatic rings. The summed E-state index contributed by atoms with van der Waals surface area (Å²) in [5.74, 6) is -0.839. The zero-order chi connectivity index (χ0) is 55.0. The molecule has 0 N–H and O–H groups in total. The monoisotopic (exact) mass is 1070 g/mol. The zero-order valence-corrected chi connectivity index (χ0v) is 51.6. The first-order chi connectivity index (χ1) is 37.5. The fourth-order valence-electron chi connectivity index (χ4n) is 10.5. The van der Waals surface area contributed by atoms with Gasteiger partial charge < -0.3 is 14.2 Å². The van der Waals surface area contributed by atoms with Gasteiger partial charge in [-0.3, -0.25) is 14.4 Å². The van der Waals surface area contributed by atoms with E-state index in [1.54, 1.807) is 0 Å². The number of ether oxygens (including phenoxy) is 3. The Morgan fingerprint density at radius 1 is 0.263 bits per heavy atom. The fourth-order valence-corrected chi connectivity index (χ4v) is 10.5. The van der Waals surface area contributed by atoms with E-state index in [2.05, 4.69) is 45.1 Å². The molecule has 0 rings (SSSR count). The highest BCUT2D eigenvalue weighted by Crippen LogP contribution is 2.19. The summed E-state index contributed by atoms with van der Waals surface area (Å²) >= 11 is 0. The molecule has 0 aromatic carbocycles. The number of esters is 3. The first-order valence-electron chi connectivity index (χ1n) is 34.3. The molecule has 0 saturated carbocycles. The highest BCUT2D eigenvalue weighted by atomic mass is 16.6. The number of hydrogen-bond donors (Lipinski definition) is 0. The summed E-state index contributed by atoms with van der Waals surface area (Å²) in [7, 11) is 0. The molecule has 0 saturated heterocycles. The van der Waals surface area contributed by atoms with Crippen LogP contribution in [-0.2, 0) is 28.6 Å². The Hall–Kier alpha value is -2.11. The van der Waals surface area contributed by atoms with Crippen molar-refractivity contribution in [1.82, 2.24) is 0 Å². The van der Waals surface area contributed by atoms with Crippen LogP contribution in [0.2, 0.25) is 0 Å². The van der Waals surface area contributed by atoms with E-state index < -0.39 is 6.10 Å². The van der Waals surface area contributed by atoms with Crippen LogP contribution in [0.4, 0.5) is 0 Å². The minimum atomic E-state index is -0.764. The number of carbonyl (C=O) groups is 3. The molecule has 6 heteroatoms. The summed E-state index contributed by atoms with van der Waals surface area (Å²) in [4.78, 5) is 38.2. The van der Waals surface area contributed by atoms with Gasteiger partial charge in [-0.1, -0.05) is 340 Å². The Kier molecular flexibility index (Phi) is 63.6. The Balaban J connectivity index is 4.02. The number of rotatable bonds is 64. The van der Waals surface area contributed by atoms with Crippen molar-refractivity contribution in [3.8, 4) is 0 Å². The standard InChI is InChI=1S/C70H132O6/c1-4-7-10-13-16-19-21-23-25-27-29-30-31-32-33-34-35-36-37-38-39-40-42-43-45-47-49-51-54-57-60-63-69(72)75-66-67(65-74-68(71)62-59-56-53-18-15-12-9-6-3)76-70(73)64-61-58-55-52-50-48-46-44-41-28-26-24-22-20-17-14-11-8-5-2/h21,23,27,29,67H,4-20,22,24-26,28,30-66H2,1-3H3/b23-21-,29-27-. The van der Waals surface area contributed by atoms with Crippen LogP contribution < -0.4 is 0 Å². The van der Waals surface area contributed by atoms with Crippen molar-refractivity contribution < 1.29 is 28.6 Å². The molecule has 6 nitrogen and oxygen atoms in total. The third-order valence-corrected chi connectivity index (χ3v) is 15.7. The second-order valence-corrected chi connectivity index (χ2v) is 23.5. The van der Waals surface area contributed by atoms with Gasteiger partial charge in [0.25, 0.3) is 0 Å². The average Bonchev–Trinajstić information content (AvgIpc) is 3.42. The predicted octanol–water partition coefficient (Wildman–Crippen LogP) is 23.4. The minimum absolute atomic E-state index is 0.0639. The summed E-state index contributed by atoms with van der Waals surface area (Å²) in [5, 5.41) is 0. The number of hydrogen-bond acceptors (Lipinski definition) is 6. The van der Waals surface area contributed by atoms with Crippen LogP contribution in [0.3, 0.4) is 0 Å². The lowest BCUT2D eigenvalue weighted by atomic mass is 10.0. The number of carbonyl (C=O) groups excluding carboxylic acids is 3. The van der Waals surface area contributed by atoms with Crippen molar-refractivity contribution in [2.24, 2.45) is 0 Å². The van der Waals surface area contributed by atoms with Crippen molar-refractivity contribution in [1.29, 1.82) is 0 Å². The topological polar surface area (TPSA) is 78.9 Å². The van der Waals surface area contributed by atoms with E-state index >= 15 is 0 Å². The second-order valence-electron chi connectivity index (χ2n) is 23.5. The van der Waals surface area contributed by atoms with Gasteiger partial charge in [-0.15, -0.1) is 0 Å². The van der Waals surface area contributed by atoms with Gasteiger partial charge in [0, 0.05) is 19.3 Å². The van der Waals surface area contributed by atoms with Crippen LogP contribution in [-0.4, -0.2) is 37.2 Å². The molecular weight excluding hydrogens is 937 g/mol. The number of allylic oxidation sites excluding steroid dienone is 4. The van der Waals surface area contributed by atoms with Gasteiger partial charge in [0.05, 0.1) is 0 Å². The minimum Gasteiger partial charge on any atom is -0.462 e. The van der Waals surface area contributed by atoms with Gasteiger partial charge in [0.1, 0.15) is 13.2 Å². The van der Waals surface area contributed by atoms with E-state index in [9.17, 15) is 14.4 Å². The van der Waals surface area contributed by atoms with Crippen LogP contribution in [0.1, 0.15) is 387 Å². The van der Waals surface area contributed by atoms with Gasteiger partial charge in [0.15, 0.2) is 6.10 Å². The van der Waals surface area contributed by atoms with Crippen LogP contribution >= 0.6 is 0 Å². The van der Waals surface area contributed by atoms with E-state index in [-0.39, 0.29) is 31.1 Å². The lowest BCUT2D eigenvalue weighted by Crippen LogP contribution is -2.30. The predicted molar refractivity (Wildman–Crippen MR) is 330 cm³/mol. The van der Waals surface area contributed by atoms with Crippen LogP contribution in [0.15, 0.2) is 24.3 Å². The molecule has 0 aliphatic heterocycles. The van der Waals surface area contributed by atoms with Crippen LogP contribution in [0.5, 0.6) is 0 Å². The van der Waals surface area contributed by atoms with Gasteiger partial charge in [0.2, 0.25) is 0 Å². The quantitative estimate of drug-likeness (QED) is 0.0261. The molecular formula is C70H132O6. The van der Waals surface area contributed by atoms with Gasteiger partial charge in [-0.2, -0.15) is 0 Å². The largest absolute Gasteiger partial charge is 0.462 e. The molecule has 0 radical (unpaired) electrons. The molecule has 76 heavy (non-hydrogen) atoms. The van der Waals surface area contributed by atoms with E-state index in [1.165, 1.54) is 283 Å². The summed E-state index contributed by atoms with van der Waals surface area (Å²) < 4.78 is 16.9. The Labute approximate surface area is 474 Å². The van der Waals surface area contributed by atoms with E-state index in [4.69, 9.17) is 14.2 Å². The zero-order valence-electron chi connectivity index (χ0n) is 51.6. The highest BCUT2D eigenvalue weighted by molar-refractivity contribution is 5.71. The van der Waals surface area contributed by atoms with Crippen LogP contribution in [0, 0.1) is 0 Å². The molecule has 0 spiro atoms.